The van der Waals surface area contributed by atoms with E-state index in [2.05, 4.69) is 15.5 Å². The first-order valence-corrected chi connectivity index (χ1v) is 8.14. The largest absolute Gasteiger partial charge is 0.483 e. The lowest BCUT2D eigenvalue weighted by atomic mass is 10.2. The van der Waals surface area contributed by atoms with Crippen molar-refractivity contribution in [1.29, 1.82) is 0 Å². The molecule has 1 heterocycles. The molecule has 0 bridgehead atoms. The Labute approximate surface area is 149 Å². The number of carbonyl (C=O) groups excluding carboxylic acids is 1. The minimum atomic E-state index is -0.195. The summed E-state index contributed by atoms with van der Waals surface area (Å²) >= 11 is 6.17. The van der Waals surface area contributed by atoms with E-state index in [0.717, 1.165) is 0 Å². The predicted molar refractivity (Wildman–Crippen MR) is 94.4 cm³/mol. The average Bonchev–Trinajstić information content (AvgIpc) is 3.10. The van der Waals surface area contributed by atoms with Gasteiger partial charge in [0, 0.05) is 12.1 Å². The van der Waals surface area contributed by atoms with Crippen molar-refractivity contribution in [2.75, 3.05) is 13.2 Å². The fourth-order valence-electron chi connectivity index (χ4n) is 2.25. The van der Waals surface area contributed by atoms with Crippen LogP contribution in [-0.4, -0.2) is 29.2 Å². The fraction of sp³-hybridized carbons (Fsp3) is 0.167. The van der Waals surface area contributed by atoms with Gasteiger partial charge in [-0.25, -0.2) is 0 Å². The van der Waals surface area contributed by atoms with Gasteiger partial charge in [-0.05, 0) is 31.2 Å². The van der Waals surface area contributed by atoms with Crippen LogP contribution < -0.4 is 10.1 Å². The Hall–Kier alpha value is -2.86. The predicted octanol–water partition coefficient (Wildman–Crippen LogP) is 3.57. The van der Waals surface area contributed by atoms with Crippen molar-refractivity contribution in [3.8, 4) is 28.6 Å². The maximum absolute atomic E-state index is 11.6. The number of amides is 1. The summed E-state index contributed by atoms with van der Waals surface area (Å²) in [5, 5.41) is 7.20. The van der Waals surface area contributed by atoms with Gasteiger partial charge in [0.1, 0.15) is 5.75 Å². The number of halogens is 1. The molecule has 7 heteroatoms. The maximum Gasteiger partial charge on any atom is 0.262 e. The number of hydrogen-bond acceptors (Lipinski definition) is 5. The monoisotopic (exact) mass is 357 g/mol. The summed E-state index contributed by atoms with van der Waals surface area (Å²) in [6.45, 7) is 2.31. The summed E-state index contributed by atoms with van der Waals surface area (Å²) in [4.78, 5) is 16.0. The molecule has 0 aliphatic carbocycles. The van der Waals surface area contributed by atoms with E-state index in [9.17, 15) is 4.79 Å². The number of rotatable bonds is 6. The first kappa shape index (κ1) is 17.0. The van der Waals surface area contributed by atoms with E-state index < -0.39 is 0 Å². The molecule has 0 aliphatic rings. The second-order valence-corrected chi connectivity index (χ2v) is 5.55. The zero-order valence-electron chi connectivity index (χ0n) is 13.5. The van der Waals surface area contributed by atoms with Crippen molar-refractivity contribution in [2.45, 2.75) is 6.92 Å². The van der Waals surface area contributed by atoms with Crippen molar-refractivity contribution in [1.82, 2.24) is 15.5 Å². The molecular weight excluding hydrogens is 342 g/mol. The van der Waals surface area contributed by atoms with Crippen molar-refractivity contribution in [2.24, 2.45) is 0 Å². The van der Waals surface area contributed by atoms with Gasteiger partial charge in [0.05, 0.1) is 10.6 Å². The van der Waals surface area contributed by atoms with E-state index in [4.69, 9.17) is 20.9 Å². The maximum atomic E-state index is 11.6. The molecule has 25 heavy (non-hydrogen) atoms. The Morgan fingerprint density at radius 1 is 1.16 bits per heavy atom. The number of likely N-dealkylation sites (N-methyl/N-ethyl adjacent to an activating group) is 1. The molecule has 6 nitrogen and oxygen atoms in total. The summed E-state index contributed by atoms with van der Waals surface area (Å²) in [5.41, 5.74) is 1.29. The van der Waals surface area contributed by atoms with E-state index in [-0.39, 0.29) is 12.5 Å². The van der Waals surface area contributed by atoms with E-state index in [1.165, 1.54) is 0 Å². The van der Waals surface area contributed by atoms with Crippen LogP contribution in [0.3, 0.4) is 0 Å². The highest BCUT2D eigenvalue weighted by Crippen LogP contribution is 2.31. The van der Waals surface area contributed by atoms with Gasteiger partial charge in [-0.3, -0.25) is 4.79 Å². The van der Waals surface area contributed by atoms with Crippen molar-refractivity contribution in [3.63, 3.8) is 0 Å². The zero-order chi connectivity index (χ0) is 17.6. The highest BCUT2D eigenvalue weighted by Gasteiger charge is 2.16. The molecule has 0 spiro atoms. The Balaban J connectivity index is 1.86. The summed E-state index contributed by atoms with van der Waals surface area (Å²) in [5.74, 6) is 0.975. The van der Waals surface area contributed by atoms with Gasteiger partial charge in [0.15, 0.2) is 6.61 Å². The number of nitrogens with zero attached hydrogens (tertiary/aromatic N) is 2. The standard InChI is InChI=1S/C18H16ClN3O3/c1-2-20-16(23)11-24-15-10-6-4-8-13(15)18-21-17(22-25-18)12-7-3-5-9-14(12)19/h3-10H,2,11H2,1H3,(H,20,23). The van der Waals surface area contributed by atoms with Crippen LogP contribution in [0.1, 0.15) is 6.92 Å². The van der Waals surface area contributed by atoms with Gasteiger partial charge >= 0.3 is 0 Å². The van der Waals surface area contributed by atoms with E-state index in [1.54, 1.807) is 18.2 Å². The van der Waals surface area contributed by atoms with Crippen molar-refractivity contribution >= 4 is 17.5 Å². The number of para-hydroxylation sites is 1. The molecule has 0 radical (unpaired) electrons. The highest BCUT2D eigenvalue weighted by atomic mass is 35.5. The summed E-state index contributed by atoms with van der Waals surface area (Å²) in [6.07, 6.45) is 0. The molecule has 128 valence electrons. The number of nitrogens with one attached hydrogen (secondary N) is 1. The fourth-order valence-corrected chi connectivity index (χ4v) is 2.47. The molecule has 1 aromatic heterocycles. The summed E-state index contributed by atoms with van der Waals surface area (Å²) < 4.78 is 10.9. The first-order chi connectivity index (χ1) is 12.2. The Bertz CT molecular complexity index is 879. The van der Waals surface area contributed by atoms with Crippen LogP contribution in [0.25, 0.3) is 22.8 Å². The third kappa shape index (κ3) is 3.97. The molecule has 1 N–H and O–H groups in total. The highest BCUT2D eigenvalue weighted by molar-refractivity contribution is 6.33. The Kier molecular flexibility index (Phi) is 5.30. The minimum Gasteiger partial charge on any atom is -0.483 e. The molecule has 1 amide bonds. The normalized spacial score (nSPS) is 10.5. The summed E-state index contributed by atoms with van der Waals surface area (Å²) in [6, 6.07) is 14.4. The Morgan fingerprint density at radius 2 is 1.88 bits per heavy atom. The van der Waals surface area contributed by atoms with E-state index in [0.29, 0.717) is 40.2 Å². The number of aromatic nitrogens is 2. The first-order valence-electron chi connectivity index (χ1n) is 7.76. The molecule has 0 aliphatic heterocycles. The van der Waals surface area contributed by atoms with E-state index >= 15 is 0 Å². The molecule has 3 aromatic rings. The van der Waals surface area contributed by atoms with Crippen molar-refractivity contribution < 1.29 is 14.1 Å². The lowest BCUT2D eigenvalue weighted by Crippen LogP contribution is -2.28. The minimum absolute atomic E-state index is 0.0869. The van der Waals surface area contributed by atoms with Crippen molar-refractivity contribution in [3.05, 3.63) is 53.6 Å². The number of carbonyl (C=O) groups is 1. The smallest absolute Gasteiger partial charge is 0.262 e. The van der Waals surface area contributed by atoms with Gasteiger partial charge in [-0.2, -0.15) is 4.98 Å². The topological polar surface area (TPSA) is 77.2 Å². The zero-order valence-corrected chi connectivity index (χ0v) is 14.3. The number of ether oxygens (including phenoxy) is 1. The third-order valence-electron chi connectivity index (χ3n) is 3.39. The second kappa shape index (κ2) is 7.81. The second-order valence-electron chi connectivity index (χ2n) is 5.14. The van der Waals surface area contributed by atoms with E-state index in [1.807, 2.05) is 37.3 Å². The third-order valence-corrected chi connectivity index (χ3v) is 3.72. The van der Waals surface area contributed by atoms with Gasteiger partial charge in [-0.1, -0.05) is 41.0 Å². The van der Waals surface area contributed by atoms with Crippen LogP contribution in [0.4, 0.5) is 0 Å². The molecule has 0 unspecified atom stereocenters. The van der Waals surface area contributed by atoms with Gasteiger partial charge in [-0.15, -0.1) is 0 Å². The van der Waals surface area contributed by atoms with Crippen LogP contribution in [0, 0.1) is 0 Å². The lowest BCUT2D eigenvalue weighted by Gasteiger charge is -2.08. The van der Waals surface area contributed by atoms with Crippen LogP contribution >= 0.6 is 11.6 Å². The van der Waals surface area contributed by atoms with Crippen LogP contribution in [0.15, 0.2) is 53.1 Å². The number of benzene rings is 2. The number of hydrogen-bond donors (Lipinski definition) is 1. The van der Waals surface area contributed by atoms with Crippen LogP contribution in [-0.2, 0) is 4.79 Å². The van der Waals surface area contributed by atoms with Gasteiger partial charge in [0.25, 0.3) is 11.8 Å². The molecule has 0 saturated carbocycles. The average molecular weight is 358 g/mol. The van der Waals surface area contributed by atoms with Crippen LogP contribution in [0.2, 0.25) is 5.02 Å². The Morgan fingerprint density at radius 3 is 2.64 bits per heavy atom. The van der Waals surface area contributed by atoms with Gasteiger partial charge in [0.2, 0.25) is 5.82 Å². The summed E-state index contributed by atoms with van der Waals surface area (Å²) in [7, 11) is 0. The SMILES string of the molecule is CCNC(=O)COc1ccccc1-c1nc(-c2ccccc2Cl)no1. The molecular formula is C18H16ClN3O3. The molecule has 0 atom stereocenters. The molecule has 0 saturated heterocycles. The molecule has 3 rings (SSSR count). The lowest BCUT2D eigenvalue weighted by molar-refractivity contribution is -0.122. The van der Waals surface area contributed by atoms with Crippen LogP contribution in [0.5, 0.6) is 5.75 Å². The van der Waals surface area contributed by atoms with Gasteiger partial charge < -0.3 is 14.6 Å². The molecule has 0 fully saturated rings. The molecule has 2 aromatic carbocycles. The quantitative estimate of drug-likeness (QED) is 0.729.